The number of fused-ring (bicyclic) bond motifs is 5. The van der Waals surface area contributed by atoms with Crippen LogP contribution in [0.5, 0.6) is 5.75 Å². The van der Waals surface area contributed by atoms with E-state index in [2.05, 4.69) is 76.4 Å². The van der Waals surface area contributed by atoms with Gasteiger partial charge in [-0.25, -0.2) is 4.39 Å². The highest BCUT2D eigenvalue weighted by Gasteiger charge is 2.53. The van der Waals surface area contributed by atoms with E-state index in [-0.39, 0.29) is 5.82 Å². The van der Waals surface area contributed by atoms with Crippen molar-refractivity contribution in [3.05, 3.63) is 64.1 Å². The van der Waals surface area contributed by atoms with Gasteiger partial charge in [0.2, 0.25) is 6.23 Å². The Morgan fingerprint density at radius 1 is 0.761 bits per heavy atom. The molecular weight excluding hydrogens is 599 g/mol. The standard InChI is InChI=1S/C36H44B2FNO5S/c1-11-21(12-2)29-15-16-30(46-29)32-40-26-14-13-23(37-42-33(3,4)34(5,6)43-37)17-22(26)18-27(40)31-25(39)19-24(20-28(31)41-32)38-44-35(7,8)36(9,10)45-38/h13-21,32H,11-12H2,1-10H3. The van der Waals surface area contributed by atoms with E-state index in [0.717, 1.165) is 39.8 Å². The summed E-state index contributed by atoms with van der Waals surface area (Å²) >= 11 is 1.77. The van der Waals surface area contributed by atoms with Gasteiger partial charge in [0.25, 0.3) is 0 Å². The summed E-state index contributed by atoms with van der Waals surface area (Å²) < 4.78 is 50.6. The Balaban J connectivity index is 1.36. The number of nitrogens with zero attached hydrogens (tertiary/aromatic N) is 1. The SMILES string of the molecule is CCC(CC)c1ccc(C2Oc3cc(B4OC(C)(C)C(C)(C)O4)cc(F)c3-c3cc4cc(B5OC(C)(C)C(C)(C)O5)ccc4n32)s1. The molecule has 0 radical (unpaired) electrons. The highest BCUT2D eigenvalue weighted by atomic mass is 32.1. The highest BCUT2D eigenvalue weighted by Crippen LogP contribution is 2.47. The van der Waals surface area contributed by atoms with Crippen molar-refractivity contribution in [2.75, 3.05) is 0 Å². The van der Waals surface area contributed by atoms with Crippen molar-refractivity contribution >= 4 is 47.4 Å². The highest BCUT2D eigenvalue weighted by molar-refractivity contribution is 7.12. The van der Waals surface area contributed by atoms with Gasteiger partial charge in [-0.05, 0) is 121 Å². The summed E-state index contributed by atoms with van der Waals surface area (Å²) in [6, 6.07) is 16.1. The van der Waals surface area contributed by atoms with Crippen LogP contribution in [0.15, 0.2) is 48.5 Å². The van der Waals surface area contributed by atoms with Crippen LogP contribution in [0.2, 0.25) is 0 Å². The second-order valence-corrected chi connectivity index (χ2v) is 16.1. The van der Waals surface area contributed by atoms with Crippen molar-refractivity contribution in [1.29, 1.82) is 0 Å². The number of ether oxygens (including phenoxy) is 1. The third-order valence-electron chi connectivity index (χ3n) is 11.0. The van der Waals surface area contributed by atoms with Crippen molar-refractivity contribution in [2.45, 2.75) is 117 Å². The molecule has 46 heavy (non-hydrogen) atoms. The summed E-state index contributed by atoms with van der Waals surface area (Å²) in [5.41, 5.74) is 1.69. The van der Waals surface area contributed by atoms with Crippen molar-refractivity contribution < 1.29 is 27.7 Å². The van der Waals surface area contributed by atoms with Crippen LogP contribution in [0.4, 0.5) is 4.39 Å². The lowest BCUT2D eigenvalue weighted by Crippen LogP contribution is -2.41. The van der Waals surface area contributed by atoms with E-state index >= 15 is 4.39 Å². The molecule has 0 bridgehead atoms. The molecule has 3 aliphatic heterocycles. The van der Waals surface area contributed by atoms with Gasteiger partial charge in [-0.15, -0.1) is 11.3 Å². The number of halogens is 1. The molecule has 0 N–H and O–H groups in total. The van der Waals surface area contributed by atoms with E-state index in [1.54, 1.807) is 11.3 Å². The first-order valence-corrected chi connectivity index (χ1v) is 17.3. The first-order chi connectivity index (χ1) is 21.6. The summed E-state index contributed by atoms with van der Waals surface area (Å²) in [5.74, 6) is 0.596. The van der Waals surface area contributed by atoms with Crippen molar-refractivity contribution in [3.63, 3.8) is 0 Å². The third kappa shape index (κ3) is 4.90. The fourth-order valence-electron chi connectivity index (χ4n) is 6.65. The Hall–Kier alpha value is -2.62. The fourth-order valence-corrected chi connectivity index (χ4v) is 7.95. The summed E-state index contributed by atoms with van der Waals surface area (Å²) in [7, 11) is -1.20. The van der Waals surface area contributed by atoms with Gasteiger partial charge >= 0.3 is 14.2 Å². The van der Waals surface area contributed by atoms with E-state index < -0.39 is 42.9 Å². The minimum atomic E-state index is -0.703. The summed E-state index contributed by atoms with van der Waals surface area (Å²) in [6.07, 6.45) is 1.68. The monoisotopic (exact) mass is 643 g/mol. The second kappa shape index (κ2) is 10.7. The molecule has 7 rings (SSSR count). The number of hydrogen-bond donors (Lipinski definition) is 0. The normalized spacial score (nSPS) is 22.4. The van der Waals surface area contributed by atoms with Gasteiger partial charge < -0.3 is 23.4 Å². The molecule has 2 fully saturated rings. The van der Waals surface area contributed by atoms with Gasteiger partial charge in [-0.3, -0.25) is 4.57 Å². The van der Waals surface area contributed by atoms with Crippen LogP contribution in [-0.2, 0) is 18.6 Å². The Morgan fingerprint density at radius 2 is 1.35 bits per heavy atom. The zero-order valence-corrected chi connectivity index (χ0v) is 29.4. The molecule has 6 nitrogen and oxygen atoms in total. The predicted molar refractivity (Wildman–Crippen MR) is 185 cm³/mol. The Kier molecular flexibility index (Phi) is 7.43. The molecule has 3 aliphatic rings. The minimum absolute atomic E-state index is 0.375. The van der Waals surface area contributed by atoms with Gasteiger partial charge in [0.05, 0.1) is 44.1 Å². The molecule has 0 saturated carbocycles. The molecule has 1 atom stereocenters. The predicted octanol–water partition coefficient (Wildman–Crippen LogP) is 7.95. The van der Waals surface area contributed by atoms with Gasteiger partial charge in [0.1, 0.15) is 11.6 Å². The van der Waals surface area contributed by atoms with E-state index in [1.807, 2.05) is 39.8 Å². The van der Waals surface area contributed by atoms with Crippen molar-refractivity contribution in [3.8, 4) is 17.0 Å². The number of aromatic nitrogens is 1. The molecule has 5 heterocycles. The molecule has 1 unspecified atom stereocenters. The van der Waals surface area contributed by atoms with E-state index in [9.17, 15) is 0 Å². The average molecular weight is 643 g/mol. The largest absolute Gasteiger partial charge is 0.495 e. The number of hydrogen-bond acceptors (Lipinski definition) is 6. The summed E-state index contributed by atoms with van der Waals surface area (Å²) in [5, 5.41) is 0.967. The van der Waals surface area contributed by atoms with Crippen molar-refractivity contribution in [1.82, 2.24) is 4.57 Å². The van der Waals surface area contributed by atoms with E-state index in [0.29, 0.717) is 22.7 Å². The Morgan fingerprint density at radius 3 is 1.93 bits per heavy atom. The van der Waals surface area contributed by atoms with Crippen LogP contribution in [0.25, 0.3) is 22.2 Å². The third-order valence-corrected chi connectivity index (χ3v) is 12.3. The molecule has 242 valence electrons. The quantitative estimate of drug-likeness (QED) is 0.200. The molecule has 2 saturated heterocycles. The molecule has 2 aromatic carbocycles. The first-order valence-electron chi connectivity index (χ1n) is 16.5. The summed E-state index contributed by atoms with van der Waals surface area (Å²) in [4.78, 5) is 2.41. The first kappa shape index (κ1) is 32.0. The zero-order valence-electron chi connectivity index (χ0n) is 28.6. The lowest BCUT2D eigenvalue weighted by molar-refractivity contribution is 0.00578. The van der Waals surface area contributed by atoms with Crippen LogP contribution >= 0.6 is 11.3 Å². The maximum absolute atomic E-state index is 16.4. The van der Waals surface area contributed by atoms with Crippen LogP contribution in [0.3, 0.4) is 0 Å². The van der Waals surface area contributed by atoms with E-state index in [4.69, 9.17) is 23.4 Å². The van der Waals surface area contributed by atoms with Crippen LogP contribution < -0.4 is 15.7 Å². The van der Waals surface area contributed by atoms with Gasteiger partial charge in [0, 0.05) is 10.3 Å². The molecule has 10 heteroatoms. The molecule has 0 spiro atoms. The molecule has 0 aliphatic carbocycles. The van der Waals surface area contributed by atoms with Crippen LogP contribution in [-0.4, -0.2) is 41.2 Å². The van der Waals surface area contributed by atoms with Gasteiger partial charge in [-0.1, -0.05) is 26.0 Å². The maximum Gasteiger partial charge on any atom is 0.495 e. The van der Waals surface area contributed by atoms with E-state index in [1.165, 1.54) is 10.9 Å². The molecule has 4 aromatic rings. The Bertz CT molecular complexity index is 1790. The fraction of sp³-hybridized carbons (Fsp3) is 0.500. The maximum atomic E-state index is 16.4. The zero-order chi connectivity index (χ0) is 33.0. The van der Waals surface area contributed by atoms with Gasteiger partial charge in [-0.2, -0.15) is 0 Å². The number of rotatable bonds is 6. The number of thiophene rings is 1. The van der Waals surface area contributed by atoms with Gasteiger partial charge in [0.15, 0.2) is 0 Å². The summed E-state index contributed by atoms with van der Waals surface area (Å²) in [6.45, 7) is 20.7. The Labute approximate surface area is 276 Å². The lowest BCUT2D eigenvalue weighted by Gasteiger charge is -2.32. The second-order valence-electron chi connectivity index (χ2n) is 15.0. The lowest BCUT2D eigenvalue weighted by atomic mass is 9.78. The average Bonchev–Trinajstić information content (AvgIpc) is 3.70. The molecule has 0 amide bonds. The molecular formula is C36H44B2FNO5S. The van der Waals surface area contributed by atoms with Crippen LogP contribution in [0, 0.1) is 5.82 Å². The van der Waals surface area contributed by atoms with Crippen molar-refractivity contribution in [2.24, 2.45) is 0 Å². The molecule has 2 aromatic heterocycles. The number of benzene rings is 2. The topological polar surface area (TPSA) is 51.1 Å². The van der Waals surface area contributed by atoms with Crippen LogP contribution in [0.1, 0.15) is 104 Å². The minimum Gasteiger partial charge on any atom is -0.464 e. The smallest absolute Gasteiger partial charge is 0.464 e.